The topological polar surface area (TPSA) is 35.5 Å². The van der Waals surface area contributed by atoms with Crippen LogP contribution in [-0.4, -0.2) is 24.8 Å². The van der Waals surface area contributed by atoms with Crippen LogP contribution in [0.1, 0.15) is 71.1 Å². The number of allylic oxidation sites excluding steroid dienone is 1. The highest BCUT2D eigenvalue weighted by molar-refractivity contribution is 5.87. The minimum Gasteiger partial charge on any atom is -0.349 e. The molecular weight excluding hydrogens is 300 g/mol. The fourth-order valence-electron chi connectivity index (χ4n) is 6.82. The number of fused-ring (bicyclic) bond motifs is 4. The average Bonchev–Trinajstić information content (AvgIpc) is 2.90. The van der Waals surface area contributed by atoms with Gasteiger partial charge in [0.05, 0.1) is 13.2 Å². The van der Waals surface area contributed by atoms with Gasteiger partial charge >= 0.3 is 0 Å². The molecule has 4 aliphatic carbocycles. The Morgan fingerprint density at radius 2 is 1.83 bits per heavy atom. The summed E-state index contributed by atoms with van der Waals surface area (Å²) in [5, 5.41) is 0. The van der Waals surface area contributed by atoms with Crippen molar-refractivity contribution < 1.29 is 14.3 Å². The van der Waals surface area contributed by atoms with Crippen LogP contribution < -0.4 is 0 Å². The summed E-state index contributed by atoms with van der Waals surface area (Å²) >= 11 is 0. The van der Waals surface area contributed by atoms with Gasteiger partial charge in [-0.3, -0.25) is 4.79 Å². The Balaban J connectivity index is 1.41. The number of ketones is 1. The molecule has 0 aromatic rings. The van der Waals surface area contributed by atoms with Gasteiger partial charge in [0.25, 0.3) is 0 Å². The van der Waals surface area contributed by atoms with E-state index in [1.54, 1.807) is 11.1 Å². The third-order valence-corrected chi connectivity index (χ3v) is 8.10. The largest absolute Gasteiger partial charge is 0.349 e. The monoisotopic (exact) mass is 330 g/mol. The maximum Gasteiger partial charge on any atom is 0.172 e. The van der Waals surface area contributed by atoms with Crippen LogP contribution in [0.5, 0.6) is 0 Å². The van der Waals surface area contributed by atoms with Crippen molar-refractivity contribution in [3.05, 3.63) is 11.1 Å². The summed E-state index contributed by atoms with van der Waals surface area (Å²) < 4.78 is 12.2. The van der Waals surface area contributed by atoms with Gasteiger partial charge in [-0.15, -0.1) is 0 Å². The normalized spacial score (nSPS) is 44.2. The van der Waals surface area contributed by atoms with Crippen LogP contribution in [-0.2, 0) is 14.3 Å². The molecule has 0 amide bonds. The minimum absolute atomic E-state index is 0.00467. The molecule has 3 heteroatoms. The number of carbonyl (C=O) groups is 1. The van der Waals surface area contributed by atoms with Crippen molar-refractivity contribution in [2.75, 3.05) is 13.2 Å². The van der Waals surface area contributed by atoms with Crippen molar-refractivity contribution in [2.45, 2.75) is 76.9 Å². The van der Waals surface area contributed by atoms with Gasteiger partial charge in [-0.1, -0.05) is 18.1 Å². The van der Waals surface area contributed by atoms with Gasteiger partial charge in [0.1, 0.15) is 5.78 Å². The van der Waals surface area contributed by atoms with Gasteiger partial charge in [0.15, 0.2) is 5.79 Å². The quantitative estimate of drug-likeness (QED) is 0.617. The fraction of sp³-hybridized carbons (Fsp3) is 0.857. The van der Waals surface area contributed by atoms with E-state index in [-0.39, 0.29) is 11.2 Å². The zero-order chi connectivity index (χ0) is 16.4. The third-order valence-electron chi connectivity index (χ3n) is 8.10. The summed E-state index contributed by atoms with van der Waals surface area (Å²) in [6.07, 6.45) is 11.1. The van der Waals surface area contributed by atoms with Crippen molar-refractivity contribution in [3.63, 3.8) is 0 Å². The number of hydrogen-bond acceptors (Lipinski definition) is 3. The van der Waals surface area contributed by atoms with E-state index in [4.69, 9.17) is 9.47 Å². The van der Waals surface area contributed by atoms with Crippen molar-refractivity contribution in [1.82, 2.24) is 0 Å². The van der Waals surface area contributed by atoms with Crippen molar-refractivity contribution in [1.29, 1.82) is 0 Å². The fourth-order valence-corrected chi connectivity index (χ4v) is 6.82. The van der Waals surface area contributed by atoms with Crippen LogP contribution in [0, 0.1) is 23.2 Å². The second-order valence-electron chi connectivity index (χ2n) is 9.10. The predicted octanol–water partition coefficient (Wildman–Crippen LogP) is 4.41. The van der Waals surface area contributed by atoms with Gasteiger partial charge in [-0.2, -0.15) is 0 Å². The van der Waals surface area contributed by atoms with Crippen molar-refractivity contribution in [3.8, 4) is 0 Å². The molecule has 5 rings (SSSR count). The Bertz CT molecular complexity index is 586. The predicted molar refractivity (Wildman–Crippen MR) is 91.4 cm³/mol. The molecule has 3 unspecified atom stereocenters. The standard InChI is InChI=1S/C21H30O3/c1-20-9-7-16-15-8-10-21(23-11-2-12-24-21)13-14(15)3-4-17(16)18(20)5-6-19(20)22/h16-18H,2-13H2,1H3/t16?,17?,18?,20-/m0/s1. The molecule has 0 radical (unpaired) electrons. The summed E-state index contributed by atoms with van der Waals surface area (Å²) in [4.78, 5) is 12.4. The third kappa shape index (κ3) is 2.13. The molecular formula is C21H30O3. The lowest BCUT2D eigenvalue weighted by atomic mass is 9.54. The molecule has 0 aromatic heterocycles. The van der Waals surface area contributed by atoms with E-state index in [0.717, 1.165) is 70.0 Å². The van der Waals surface area contributed by atoms with Crippen LogP contribution in [0.4, 0.5) is 0 Å². The molecule has 0 N–H and O–H groups in total. The summed E-state index contributed by atoms with van der Waals surface area (Å²) in [7, 11) is 0. The van der Waals surface area contributed by atoms with Gasteiger partial charge in [0.2, 0.25) is 0 Å². The summed E-state index contributed by atoms with van der Waals surface area (Å²) in [5.41, 5.74) is 3.40. The molecule has 3 fully saturated rings. The summed E-state index contributed by atoms with van der Waals surface area (Å²) in [6.45, 7) is 3.99. The Kier molecular flexibility index (Phi) is 3.51. The second kappa shape index (κ2) is 5.41. The molecule has 0 bridgehead atoms. The summed E-state index contributed by atoms with van der Waals surface area (Å²) in [6, 6.07) is 0. The molecule has 1 aliphatic heterocycles. The lowest BCUT2D eigenvalue weighted by molar-refractivity contribution is -0.272. The van der Waals surface area contributed by atoms with E-state index in [1.807, 2.05) is 0 Å². The van der Waals surface area contributed by atoms with Gasteiger partial charge in [-0.25, -0.2) is 0 Å². The number of Topliss-reactive ketones (excluding diaryl/α,β-unsaturated/α-hetero) is 1. The lowest BCUT2D eigenvalue weighted by Crippen LogP contribution is -2.47. The first kappa shape index (κ1) is 15.6. The van der Waals surface area contributed by atoms with E-state index in [0.29, 0.717) is 11.7 Å². The number of rotatable bonds is 0. The number of hydrogen-bond donors (Lipinski definition) is 0. The Morgan fingerprint density at radius 3 is 2.67 bits per heavy atom. The maximum absolute atomic E-state index is 12.4. The molecule has 4 atom stereocenters. The van der Waals surface area contributed by atoms with Gasteiger partial charge < -0.3 is 9.47 Å². The molecule has 0 aromatic carbocycles. The Labute approximate surface area is 145 Å². The highest BCUT2D eigenvalue weighted by Crippen LogP contribution is 2.60. The summed E-state index contributed by atoms with van der Waals surface area (Å²) in [5.74, 6) is 2.42. The SMILES string of the molecule is C[C@]12CCC3C4=C(CCC3C1CCC2=O)CC1(CC4)OCCCO1. The highest BCUT2D eigenvalue weighted by atomic mass is 16.7. The molecule has 5 aliphatic rings. The molecule has 2 saturated carbocycles. The molecule has 3 nitrogen and oxygen atoms in total. The smallest absolute Gasteiger partial charge is 0.172 e. The highest BCUT2D eigenvalue weighted by Gasteiger charge is 2.55. The molecule has 132 valence electrons. The Hall–Kier alpha value is -0.670. The molecule has 24 heavy (non-hydrogen) atoms. The molecule has 1 spiro atoms. The first-order valence-corrected chi connectivity index (χ1v) is 10.1. The van der Waals surface area contributed by atoms with E-state index < -0.39 is 0 Å². The molecule has 1 saturated heterocycles. The van der Waals surface area contributed by atoms with Crippen LogP contribution >= 0.6 is 0 Å². The van der Waals surface area contributed by atoms with E-state index in [1.165, 1.54) is 19.3 Å². The van der Waals surface area contributed by atoms with Gasteiger partial charge in [0, 0.05) is 24.7 Å². The van der Waals surface area contributed by atoms with Gasteiger partial charge in [-0.05, 0) is 62.7 Å². The van der Waals surface area contributed by atoms with Crippen LogP contribution in [0.3, 0.4) is 0 Å². The van der Waals surface area contributed by atoms with E-state index in [9.17, 15) is 4.79 Å². The van der Waals surface area contributed by atoms with Crippen LogP contribution in [0.25, 0.3) is 0 Å². The lowest BCUT2D eigenvalue weighted by Gasteiger charge is -2.52. The van der Waals surface area contributed by atoms with E-state index in [2.05, 4.69) is 6.92 Å². The Morgan fingerprint density at radius 1 is 1.00 bits per heavy atom. The van der Waals surface area contributed by atoms with Crippen molar-refractivity contribution in [2.24, 2.45) is 23.2 Å². The zero-order valence-electron chi connectivity index (χ0n) is 14.9. The zero-order valence-corrected chi connectivity index (χ0v) is 14.9. The maximum atomic E-state index is 12.4. The van der Waals surface area contributed by atoms with Crippen molar-refractivity contribution >= 4 is 5.78 Å². The molecule has 1 heterocycles. The second-order valence-corrected chi connectivity index (χ2v) is 9.10. The minimum atomic E-state index is -0.295. The van der Waals surface area contributed by atoms with Crippen LogP contribution in [0.15, 0.2) is 11.1 Å². The van der Waals surface area contributed by atoms with Crippen LogP contribution in [0.2, 0.25) is 0 Å². The number of ether oxygens (including phenoxy) is 2. The average molecular weight is 330 g/mol. The number of carbonyl (C=O) groups excluding carboxylic acids is 1. The first-order chi connectivity index (χ1) is 11.6. The first-order valence-electron chi connectivity index (χ1n) is 10.1. The van der Waals surface area contributed by atoms with E-state index >= 15 is 0 Å².